The highest BCUT2D eigenvalue weighted by Gasteiger charge is 2.19. The van der Waals surface area contributed by atoms with E-state index in [0.29, 0.717) is 12.4 Å². The Morgan fingerprint density at radius 1 is 1.17 bits per heavy atom. The van der Waals surface area contributed by atoms with Crippen LogP contribution in [0.2, 0.25) is 0 Å². The maximum absolute atomic E-state index is 12.0. The summed E-state index contributed by atoms with van der Waals surface area (Å²) in [6.07, 6.45) is 8.74. The van der Waals surface area contributed by atoms with E-state index in [9.17, 15) is 4.79 Å². The number of hydrogen-bond donors (Lipinski definition) is 1. The van der Waals surface area contributed by atoms with Crippen molar-refractivity contribution in [2.45, 2.75) is 78.1 Å². The third-order valence-corrected chi connectivity index (χ3v) is 4.04. The topological polar surface area (TPSA) is 56.1 Å². The fourth-order valence-electron chi connectivity index (χ4n) is 2.46. The smallest absolute Gasteiger partial charge is 0.251 e. The molecule has 1 heterocycles. The number of rotatable bonds is 11. The highest BCUT2D eigenvalue weighted by Crippen LogP contribution is 2.23. The molecule has 1 aromatic heterocycles. The predicted molar refractivity (Wildman–Crippen MR) is 99.3 cm³/mol. The Kier molecular flexibility index (Phi) is 9.04. The number of unbranched alkanes of at least 4 members (excludes halogenated alkanes) is 6. The molecule has 0 aliphatic carbocycles. The van der Waals surface area contributed by atoms with Gasteiger partial charge in [0.1, 0.15) is 12.4 Å². The van der Waals surface area contributed by atoms with Gasteiger partial charge in [-0.3, -0.25) is 9.48 Å². The number of aromatic nitrogens is 2. The molecule has 0 aliphatic rings. The quantitative estimate of drug-likeness (QED) is 0.608. The van der Waals surface area contributed by atoms with Gasteiger partial charge in [-0.05, 0) is 6.42 Å². The molecule has 0 aliphatic heterocycles. The fraction of sp³-hybridized carbons (Fsp3) is 0.789. The number of aryl methyl sites for hydroxylation is 1. The van der Waals surface area contributed by atoms with Crippen molar-refractivity contribution in [1.29, 1.82) is 0 Å². The standard InChI is InChI=1S/C19H35N3O2/c1-6-7-8-9-10-11-12-13-24-15-18(23)20-17-14-16(19(2,3)4)21-22(17)5/h14H,6-13,15H2,1-5H3,(H,20,23). The number of carbonyl (C=O) groups excluding carboxylic acids is 1. The molecule has 0 saturated carbocycles. The summed E-state index contributed by atoms with van der Waals surface area (Å²) in [6.45, 7) is 9.30. The van der Waals surface area contributed by atoms with Crippen LogP contribution in [0.4, 0.5) is 5.82 Å². The van der Waals surface area contributed by atoms with Crippen LogP contribution in [-0.4, -0.2) is 28.9 Å². The summed E-state index contributed by atoms with van der Waals surface area (Å²) in [5.41, 5.74) is 0.929. The Balaban J connectivity index is 2.17. The minimum Gasteiger partial charge on any atom is -0.372 e. The highest BCUT2D eigenvalue weighted by atomic mass is 16.5. The molecule has 5 heteroatoms. The van der Waals surface area contributed by atoms with Gasteiger partial charge in [-0.2, -0.15) is 5.10 Å². The van der Waals surface area contributed by atoms with E-state index in [-0.39, 0.29) is 17.9 Å². The molecule has 0 spiro atoms. The second-order valence-electron chi connectivity index (χ2n) is 7.51. The Morgan fingerprint density at radius 3 is 2.38 bits per heavy atom. The van der Waals surface area contributed by atoms with Crippen molar-refractivity contribution < 1.29 is 9.53 Å². The number of carbonyl (C=O) groups is 1. The molecule has 1 aromatic rings. The number of nitrogens with zero attached hydrogens (tertiary/aromatic N) is 2. The van der Waals surface area contributed by atoms with E-state index in [0.717, 1.165) is 12.1 Å². The zero-order valence-electron chi connectivity index (χ0n) is 16.2. The van der Waals surface area contributed by atoms with Crippen LogP contribution in [0, 0.1) is 0 Å². The first-order chi connectivity index (χ1) is 11.3. The molecule has 0 fully saturated rings. The number of nitrogens with one attached hydrogen (secondary N) is 1. The van der Waals surface area contributed by atoms with Gasteiger partial charge < -0.3 is 10.1 Å². The second-order valence-corrected chi connectivity index (χ2v) is 7.51. The third-order valence-electron chi connectivity index (χ3n) is 4.04. The minimum atomic E-state index is -0.124. The normalized spacial score (nSPS) is 11.7. The SMILES string of the molecule is CCCCCCCCCOCC(=O)Nc1cc(C(C)(C)C)nn1C. The maximum atomic E-state index is 12.0. The van der Waals surface area contributed by atoms with Crippen LogP contribution in [0.15, 0.2) is 6.07 Å². The van der Waals surface area contributed by atoms with Crippen LogP contribution in [0.5, 0.6) is 0 Å². The summed E-state index contributed by atoms with van der Waals surface area (Å²) in [5.74, 6) is 0.589. The molecule has 24 heavy (non-hydrogen) atoms. The number of amides is 1. The number of anilines is 1. The Labute approximate surface area is 147 Å². The van der Waals surface area contributed by atoms with Crippen molar-refractivity contribution in [3.63, 3.8) is 0 Å². The first kappa shape index (κ1) is 20.7. The van der Waals surface area contributed by atoms with Crippen LogP contribution in [-0.2, 0) is 22.0 Å². The van der Waals surface area contributed by atoms with E-state index in [1.807, 2.05) is 13.1 Å². The van der Waals surface area contributed by atoms with Crippen molar-refractivity contribution in [3.8, 4) is 0 Å². The Hall–Kier alpha value is -1.36. The minimum absolute atomic E-state index is 0.0334. The summed E-state index contributed by atoms with van der Waals surface area (Å²) < 4.78 is 7.17. The van der Waals surface area contributed by atoms with E-state index in [4.69, 9.17) is 4.74 Å². The zero-order valence-corrected chi connectivity index (χ0v) is 16.2. The summed E-state index contributed by atoms with van der Waals surface area (Å²) in [4.78, 5) is 12.0. The van der Waals surface area contributed by atoms with Crippen LogP contribution < -0.4 is 5.32 Å². The van der Waals surface area contributed by atoms with E-state index < -0.39 is 0 Å². The molecule has 5 nitrogen and oxygen atoms in total. The van der Waals surface area contributed by atoms with E-state index in [2.05, 4.69) is 38.1 Å². The van der Waals surface area contributed by atoms with Crippen molar-refractivity contribution in [1.82, 2.24) is 9.78 Å². The molecule has 1 amide bonds. The molecule has 0 aromatic carbocycles. The average Bonchev–Trinajstić information content (AvgIpc) is 2.87. The molecule has 138 valence electrons. The van der Waals surface area contributed by atoms with Gasteiger partial charge in [-0.25, -0.2) is 0 Å². The maximum Gasteiger partial charge on any atom is 0.251 e. The van der Waals surface area contributed by atoms with Gasteiger partial charge in [-0.15, -0.1) is 0 Å². The van der Waals surface area contributed by atoms with Crippen LogP contribution in [0.25, 0.3) is 0 Å². The van der Waals surface area contributed by atoms with Gasteiger partial charge in [0.25, 0.3) is 5.91 Å². The summed E-state index contributed by atoms with van der Waals surface area (Å²) >= 11 is 0. The fourth-order valence-corrected chi connectivity index (χ4v) is 2.46. The van der Waals surface area contributed by atoms with Gasteiger partial charge in [0, 0.05) is 25.1 Å². The Morgan fingerprint density at radius 2 is 1.79 bits per heavy atom. The van der Waals surface area contributed by atoms with Crippen molar-refractivity contribution in [2.24, 2.45) is 7.05 Å². The zero-order chi connectivity index (χ0) is 18.0. The summed E-state index contributed by atoms with van der Waals surface area (Å²) in [6, 6.07) is 1.92. The molecule has 0 bridgehead atoms. The van der Waals surface area contributed by atoms with Gasteiger partial charge >= 0.3 is 0 Å². The van der Waals surface area contributed by atoms with Gasteiger partial charge in [-0.1, -0.05) is 66.2 Å². The number of hydrogen-bond acceptors (Lipinski definition) is 3. The largest absolute Gasteiger partial charge is 0.372 e. The predicted octanol–water partition coefficient (Wildman–Crippen LogP) is 4.42. The monoisotopic (exact) mass is 337 g/mol. The lowest BCUT2D eigenvalue weighted by Gasteiger charge is -2.13. The van der Waals surface area contributed by atoms with Gasteiger partial charge in [0.2, 0.25) is 0 Å². The first-order valence-electron chi connectivity index (χ1n) is 9.26. The van der Waals surface area contributed by atoms with E-state index in [1.54, 1.807) is 4.68 Å². The number of ether oxygens (including phenoxy) is 1. The molecule has 0 unspecified atom stereocenters. The van der Waals surface area contributed by atoms with Gasteiger partial charge in [0.15, 0.2) is 0 Å². The molecule has 0 saturated heterocycles. The van der Waals surface area contributed by atoms with Crippen LogP contribution >= 0.6 is 0 Å². The molecule has 1 N–H and O–H groups in total. The van der Waals surface area contributed by atoms with Crippen molar-refractivity contribution in [3.05, 3.63) is 11.8 Å². The van der Waals surface area contributed by atoms with E-state index >= 15 is 0 Å². The third kappa shape index (κ3) is 7.95. The van der Waals surface area contributed by atoms with Crippen molar-refractivity contribution >= 4 is 11.7 Å². The molecule has 1 rings (SSSR count). The second kappa shape index (κ2) is 10.5. The first-order valence-corrected chi connectivity index (χ1v) is 9.26. The van der Waals surface area contributed by atoms with E-state index in [1.165, 1.54) is 38.5 Å². The molecule has 0 radical (unpaired) electrons. The highest BCUT2D eigenvalue weighted by molar-refractivity contribution is 5.90. The van der Waals surface area contributed by atoms with Crippen LogP contribution in [0.3, 0.4) is 0 Å². The lowest BCUT2D eigenvalue weighted by molar-refractivity contribution is -0.120. The Bertz CT molecular complexity index is 489. The molecular weight excluding hydrogens is 302 g/mol. The molecular formula is C19H35N3O2. The lowest BCUT2D eigenvalue weighted by Crippen LogP contribution is -2.20. The van der Waals surface area contributed by atoms with Gasteiger partial charge in [0.05, 0.1) is 5.69 Å². The average molecular weight is 338 g/mol. The van der Waals surface area contributed by atoms with Crippen molar-refractivity contribution in [2.75, 3.05) is 18.5 Å². The van der Waals surface area contributed by atoms with Crippen LogP contribution in [0.1, 0.15) is 78.3 Å². The molecule has 0 atom stereocenters. The lowest BCUT2D eigenvalue weighted by atomic mass is 9.92. The summed E-state index contributed by atoms with van der Waals surface area (Å²) in [5, 5.41) is 7.31. The summed E-state index contributed by atoms with van der Waals surface area (Å²) in [7, 11) is 1.84.